The van der Waals surface area contributed by atoms with Gasteiger partial charge in [0.2, 0.25) is 0 Å². The second-order valence-corrected chi connectivity index (χ2v) is 4.37. The molecule has 0 aromatic heterocycles. The van der Waals surface area contributed by atoms with Crippen molar-refractivity contribution in [3.05, 3.63) is 24.3 Å². The van der Waals surface area contributed by atoms with Crippen molar-refractivity contribution in [2.75, 3.05) is 19.8 Å². The number of para-hydroxylation sites is 2. The normalized spacial score (nSPS) is 10.2. The molecule has 0 atom stereocenters. The Balaban J connectivity index is 2.45. The van der Waals surface area contributed by atoms with Gasteiger partial charge in [-0.15, -0.1) is 0 Å². The van der Waals surface area contributed by atoms with E-state index in [-0.39, 0.29) is 12.5 Å². The molecule has 1 amide bonds. The second-order valence-electron chi connectivity index (χ2n) is 4.37. The van der Waals surface area contributed by atoms with Gasteiger partial charge in [0.1, 0.15) is 0 Å². The number of hydrogen-bond donors (Lipinski definition) is 1. The minimum absolute atomic E-state index is 0.0107. The lowest BCUT2D eigenvalue weighted by Crippen LogP contribution is -2.31. The summed E-state index contributed by atoms with van der Waals surface area (Å²) in [6.45, 7) is 7.25. The van der Waals surface area contributed by atoms with Crippen LogP contribution in [0.5, 0.6) is 11.5 Å². The number of amides is 1. The molecule has 0 bridgehead atoms. The molecule has 0 fully saturated rings. The van der Waals surface area contributed by atoms with Crippen LogP contribution in [0.1, 0.15) is 20.8 Å². The van der Waals surface area contributed by atoms with Gasteiger partial charge in [-0.05, 0) is 25.0 Å². The third kappa shape index (κ3) is 5.08. The van der Waals surface area contributed by atoms with Crippen molar-refractivity contribution in [3.63, 3.8) is 0 Å². The van der Waals surface area contributed by atoms with Crippen molar-refractivity contribution in [2.24, 2.45) is 5.92 Å². The zero-order valence-electron chi connectivity index (χ0n) is 11.2. The summed E-state index contributed by atoms with van der Waals surface area (Å²) >= 11 is 0. The average Bonchev–Trinajstić information content (AvgIpc) is 2.35. The third-order valence-corrected chi connectivity index (χ3v) is 2.22. The van der Waals surface area contributed by atoms with E-state index in [4.69, 9.17) is 9.47 Å². The Morgan fingerprint density at radius 3 is 2.39 bits per heavy atom. The van der Waals surface area contributed by atoms with E-state index in [2.05, 4.69) is 5.32 Å². The molecule has 0 spiro atoms. The summed E-state index contributed by atoms with van der Waals surface area (Å²) in [5, 5.41) is 2.80. The molecule has 1 aromatic carbocycles. The van der Waals surface area contributed by atoms with Crippen LogP contribution < -0.4 is 14.8 Å². The van der Waals surface area contributed by atoms with E-state index >= 15 is 0 Å². The standard InChI is InChI=1S/C14H21NO3/c1-4-17-12-7-5-6-8-13(12)18-10-14(16)15-9-11(2)3/h5-8,11H,4,9-10H2,1-3H3,(H,15,16). The monoisotopic (exact) mass is 251 g/mol. The Morgan fingerprint density at radius 1 is 1.22 bits per heavy atom. The van der Waals surface area contributed by atoms with Crippen LogP contribution in [0.2, 0.25) is 0 Å². The van der Waals surface area contributed by atoms with Crippen molar-refractivity contribution in [2.45, 2.75) is 20.8 Å². The van der Waals surface area contributed by atoms with E-state index in [1.165, 1.54) is 0 Å². The maximum absolute atomic E-state index is 11.5. The van der Waals surface area contributed by atoms with Crippen molar-refractivity contribution in [1.82, 2.24) is 5.32 Å². The zero-order valence-corrected chi connectivity index (χ0v) is 11.2. The van der Waals surface area contributed by atoms with E-state index in [0.717, 1.165) is 0 Å². The highest BCUT2D eigenvalue weighted by atomic mass is 16.5. The Morgan fingerprint density at radius 2 is 1.83 bits per heavy atom. The number of hydrogen-bond acceptors (Lipinski definition) is 3. The Kier molecular flexibility index (Phi) is 6.05. The maximum atomic E-state index is 11.5. The first-order valence-corrected chi connectivity index (χ1v) is 6.24. The van der Waals surface area contributed by atoms with Gasteiger partial charge in [-0.3, -0.25) is 4.79 Å². The summed E-state index contributed by atoms with van der Waals surface area (Å²) < 4.78 is 10.9. The molecule has 0 aliphatic carbocycles. The molecule has 18 heavy (non-hydrogen) atoms. The fourth-order valence-electron chi connectivity index (χ4n) is 1.36. The molecule has 0 radical (unpaired) electrons. The fourth-order valence-corrected chi connectivity index (χ4v) is 1.36. The van der Waals surface area contributed by atoms with E-state index < -0.39 is 0 Å². The molecule has 1 rings (SSSR count). The lowest BCUT2D eigenvalue weighted by Gasteiger charge is -2.12. The Bertz CT molecular complexity index is 377. The highest BCUT2D eigenvalue weighted by Gasteiger charge is 2.07. The minimum atomic E-state index is -0.116. The molecular formula is C14H21NO3. The molecular weight excluding hydrogens is 230 g/mol. The lowest BCUT2D eigenvalue weighted by molar-refractivity contribution is -0.123. The molecule has 0 unspecified atom stereocenters. The van der Waals surface area contributed by atoms with Crippen LogP contribution in [-0.4, -0.2) is 25.7 Å². The predicted molar refractivity (Wildman–Crippen MR) is 71.0 cm³/mol. The zero-order chi connectivity index (χ0) is 13.4. The number of rotatable bonds is 7. The first-order chi connectivity index (χ1) is 8.63. The van der Waals surface area contributed by atoms with Crippen LogP contribution in [0.15, 0.2) is 24.3 Å². The van der Waals surface area contributed by atoms with Crippen molar-refractivity contribution in [3.8, 4) is 11.5 Å². The van der Waals surface area contributed by atoms with Crippen LogP contribution in [0, 0.1) is 5.92 Å². The molecule has 0 saturated carbocycles. The van der Waals surface area contributed by atoms with Gasteiger partial charge in [-0.25, -0.2) is 0 Å². The number of nitrogens with one attached hydrogen (secondary N) is 1. The van der Waals surface area contributed by atoms with Crippen LogP contribution in [0.3, 0.4) is 0 Å². The molecule has 100 valence electrons. The molecule has 4 heteroatoms. The Labute approximate surface area is 108 Å². The topological polar surface area (TPSA) is 47.6 Å². The summed E-state index contributed by atoms with van der Waals surface area (Å²) in [5.41, 5.74) is 0. The van der Waals surface area contributed by atoms with Gasteiger partial charge < -0.3 is 14.8 Å². The van der Waals surface area contributed by atoms with E-state index in [1.807, 2.05) is 39.0 Å². The molecule has 0 aliphatic rings. The highest BCUT2D eigenvalue weighted by Crippen LogP contribution is 2.26. The van der Waals surface area contributed by atoms with Gasteiger partial charge >= 0.3 is 0 Å². The third-order valence-electron chi connectivity index (χ3n) is 2.22. The summed E-state index contributed by atoms with van der Waals surface area (Å²) in [6.07, 6.45) is 0. The molecule has 0 saturated heterocycles. The largest absolute Gasteiger partial charge is 0.490 e. The van der Waals surface area contributed by atoms with Crippen LogP contribution >= 0.6 is 0 Å². The van der Waals surface area contributed by atoms with Gasteiger partial charge in [-0.2, -0.15) is 0 Å². The predicted octanol–water partition coefficient (Wildman–Crippen LogP) is 2.24. The van der Waals surface area contributed by atoms with Crippen LogP contribution in [0.4, 0.5) is 0 Å². The molecule has 1 aromatic rings. The summed E-state index contributed by atoms with van der Waals surface area (Å²) in [5.74, 6) is 1.58. The maximum Gasteiger partial charge on any atom is 0.257 e. The molecule has 0 heterocycles. The molecule has 0 aliphatic heterocycles. The van der Waals surface area contributed by atoms with Crippen molar-refractivity contribution < 1.29 is 14.3 Å². The SMILES string of the molecule is CCOc1ccccc1OCC(=O)NCC(C)C. The van der Waals surface area contributed by atoms with Gasteiger partial charge in [0.25, 0.3) is 5.91 Å². The Hall–Kier alpha value is -1.71. The van der Waals surface area contributed by atoms with Gasteiger partial charge in [0, 0.05) is 6.54 Å². The first kappa shape index (κ1) is 14.4. The fraction of sp³-hybridized carbons (Fsp3) is 0.500. The smallest absolute Gasteiger partial charge is 0.257 e. The van der Waals surface area contributed by atoms with Gasteiger partial charge in [-0.1, -0.05) is 26.0 Å². The minimum Gasteiger partial charge on any atom is -0.490 e. The van der Waals surface area contributed by atoms with Gasteiger partial charge in [0.15, 0.2) is 18.1 Å². The average molecular weight is 251 g/mol. The van der Waals surface area contributed by atoms with Crippen molar-refractivity contribution >= 4 is 5.91 Å². The molecule has 1 N–H and O–H groups in total. The summed E-state index contributed by atoms with van der Waals surface area (Å²) in [6, 6.07) is 7.34. The van der Waals surface area contributed by atoms with E-state index in [0.29, 0.717) is 30.6 Å². The summed E-state index contributed by atoms with van der Waals surface area (Å²) in [4.78, 5) is 11.5. The van der Waals surface area contributed by atoms with Crippen LogP contribution in [-0.2, 0) is 4.79 Å². The van der Waals surface area contributed by atoms with E-state index in [1.54, 1.807) is 6.07 Å². The van der Waals surface area contributed by atoms with E-state index in [9.17, 15) is 4.79 Å². The number of ether oxygens (including phenoxy) is 2. The quantitative estimate of drug-likeness (QED) is 0.808. The van der Waals surface area contributed by atoms with Crippen molar-refractivity contribution in [1.29, 1.82) is 0 Å². The lowest BCUT2D eigenvalue weighted by atomic mass is 10.2. The highest BCUT2D eigenvalue weighted by molar-refractivity contribution is 5.77. The second kappa shape index (κ2) is 7.58. The number of carbonyl (C=O) groups excluding carboxylic acids is 1. The molecule has 4 nitrogen and oxygen atoms in total. The van der Waals surface area contributed by atoms with Crippen LogP contribution in [0.25, 0.3) is 0 Å². The number of benzene rings is 1. The number of carbonyl (C=O) groups is 1. The summed E-state index contributed by atoms with van der Waals surface area (Å²) in [7, 11) is 0. The van der Waals surface area contributed by atoms with Gasteiger partial charge in [0.05, 0.1) is 6.61 Å². The first-order valence-electron chi connectivity index (χ1n) is 6.24.